The van der Waals surface area contributed by atoms with Gasteiger partial charge in [-0.05, 0) is 33.7 Å². The Morgan fingerprint density at radius 2 is 1.80 bits per heavy atom. The third-order valence-electron chi connectivity index (χ3n) is 4.27. The van der Waals surface area contributed by atoms with Crippen LogP contribution in [0.15, 0.2) is 0 Å². The molecule has 0 heterocycles. The quantitative estimate of drug-likeness (QED) is 0.740. The van der Waals surface area contributed by atoms with Crippen LogP contribution in [0.1, 0.15) is 52.4 Å². The van der Waals surface area contributed by atoms with Crippen molar-refractivity contribution in [2.45, 2.75) is 57.9 Å². The Bertz CT molecular complexity index is 325. The zero-order valence-electron chi connectivity index (χ0n) is 13.1. The number of hydrogen-bond acceptors (Lipinski definition) is 3. The number of likely N-dealkylation sites (N-methyl/N-ethyl adjacent to an activating group) is 2. The number of nitrogens with one attached hydrogen (secondary N) is 2. The molecule has 116 valence electrons. The van der Waals surface area contributed by atoms with Crippen molar-refractivity contribution in [3.05, 3.63) is 0 Å². The summed E-state index contributed by atoms with van der Waals surface area (Å²) >= 11 is 0. The largest absolute Gasteiger partial charge is 0.355 e. The van der Waals surface area contributed by atoms with E-state index in [9.17, 15) is 9.59 Å². The van der Waals surface area contributed by atoms with Crippen LogP contribution in [0, 0.1) is 0 Å². The third-order valence-corrected chi connectivity index (χ3v) is 4.27. The van der Waals surface area contributed by atoms with Gasteiger partial charge in [-0.15, -0.1) is 0 Å². The van der Waals surface area contributed by atoms with Crippen LogP contribution < -0.4 is 10.6 Å². The normalized spacial score (nSPS) is 17.6. The monoisotopic (exact) mass is 283 g/mol. The van der Waals surface area contributed by atoms with Gasteiger partial charge in [0.1, 0.15) is 0 Å². The molecule has 0 radical (unpaired) electrons. The number of rotatable bonds is 7. The molecule has 0 bridgehead atoms. The molecule has 1 aliphatic carbocycles. The second-order valence-electron chi connectivity index (χ2n) is 5.63. The van der Waals surface area contributed by atoms with Crippen molar-refractivity contribution in [1.82, 2.24) is 15.5 Å². The minimum Gasteiger partial charge on any atom is -0.355 e. The van der Waals surface area contributed by atoms with Crippen LogP contribution in [0.2, 0.25) is 0 Å². The SMILES string of the molecule is CCNC(=O)CN(CC)C(=O)CC1(NC)CCCCC1. The maximum Gasteiger partial charge on any atom is 0.239 e. The van der Waals surface area contributed by atoms with Crippen molar-refractivity contribution in [1.29, 1.82) is 0 Å². The first kappa shape index (κ1) is 17.0. The number of amides is 2. The van der Waals surface area contributed by atoms with Gasteiger partial charge in [-0.25, -0.2) is 0 Å². The molecule has 0 atom stereocenters. The van der Waals surface area contributed by atoms with E-state index < -0.39 is 0 Å². The van der Waals surface area contributed by atoms with Crippen LogP contribution in [-0.2, 0) is 9.59 Å². The molecule has 0 aliphatic heterocycles. The lowest BCUT2D eigenvalue weighted by Gasteiger charge is -2.38. The summed E-state index contributed by atoms with van der Waals surface area (Å²) in [5.74, 6) is -0.000134. The molecule has 0 spiro atoms. The molecular formula is C15H29N3O2. The Kier molecular flexibility index (Phi) is 6.99. The molecule has 1 fully saturated rings. The van der Waals surface area contributed by atoms with Crippen molar-refractivity contribution in [3.8, 4) is 0 Å². The lowest BCUT2D eigenvalue weighted by atomic mass is 9.79. The molecular weight excluding hydrogens is 254 g/mol. The fraction of sp³-hybridized carbons (Fsp3) is 0.867. The number of hydrogen-bond donors (Lipinski definition) is 2. The molecule has 2 amide bonds. The van der Waals surface area contributed by atoms with Gasteiger partial charge in [0.2, 0.25) is 11.8 Å². The van der Waals surface area contributed by atoms with E-state index in [1.165, 1.54) is 19.3 Å². The van der Waals surface area contributed by atoms with Gasteiger partial charge in [-0.1, -0.05) is 19.3 Å². The molecule has 2 N–H and O–H groups in total. The Morgan fingerprint density at radius 1 is 1.15 bits per heavy atom. The highest BCUT2D eigenvalue weighted by atomic mass is 16.2. The fourth-order valence-corrected chi connectivity index (χ4v) is 2.95. The van der Waals surface area contributed by atoms with Crippen LogP contribution in [0.3, 0.4) is 0 Å². The summed E-state index contributed by atoms with van der Waals surface area (Å²) in [6.07, 6.45) is 6.21. The summed E-state index contributed by atoms with van der Waals surface area (Å²) in [5, 5.41) is 6.10. The van der Waals surface area contributed by atoms with E-state index in [-0.39, 0.29) is 23.9 Å². The first-order valence-corrected chi connectivity index (χ1v) is 7.80. The summed E-state index contributed by atoms with van der Waals surface area (Å²) in [6, 6.07) is 0. The molecule has 1 aliphatic rings. The van der Waals surface area contributed by atoms with Crippen molar-refractivity contribution < 1.29 is 9.59 Å². The zero-order chi connectivity index (χ0) is 15.0. The van der Waals surface area contributed by atoms with Crippen LogP contribution in [0.5, 0.6) is 0 Å². The molecule has 20 heavy (non-hydrogen) atoms. The molecule has 0 aromatic rings. The molecule has 0 aromatic carbocycles. The van der Waals surface area contributed by atoms with Crippen LogP contribution >= 0.6 is 0 Å². The third kappa shape index (κ3) is 4.78. The van der Waals surface area contributed by atoms with Gasteiger partial charge in [0.05, 0.1) is 6.54 Å². The average molecular weight is 283 g/mol. The molecule has 0 unspecified atom stereocenters. The van der Waals surface area contributed by atoms with Gasteiger partial charge < -0.3 is 15.5 Å². The fourth-order valence-electron chi connectivity index (χ4n) is 2.95. The van der Waals surface area contributed by atoms with Gasteiger partial charge in [-0.3, -0.25) is 9.59 Å². The van der Waals surface area contributed by atoms with E-state index in [1.807, 2.05) is 20.9 Å². The van der Waals surface area contributed by atoms with E-state index in [2.05, 4.69) is 10.6 Å². The maximum absolute atomic E-state index is 12.5. The summed E-state index contributed by atoms with van der Waals surface area (Å²) in [4.78, 5) is 25.7. The first-order chi connectivity index (χ1) is 9.56. The van der Waals surface area contributed by atoms with Crippen molar-refractivity contribution in [2.24, 2.45) is 0 Å². The molecule has 0 saturated heterocycles. The molecule has 1 rings (SSSR count). The van der Waals surface area contributed by atoms with Crippen LogP contribution in [0.25, 0.3) is 0 Å². The number of carbonyl (C=O) groups excluding carboxylic acids is 2. The van der Waals surface area contributed by atoms with Crippen molar-refractivity contribution in [2.75, 3.05) is 26.7 Å². The topological polar surface area (TPSA) is 61.4 Å². The van der Waals surface area contributed by atoms with E-state index in [0.717, 1.165) is 12.8 Å². The Labute approximate surface area is 122 Å². The highest BCUT2D eigenvalue weighted by molar-refractivity contribution is 5.85. The van der Waals surface area contributed by atoms with Crippen LogP contribution in [0.4, 0.5) is 0 Å². The van der Waals surface area contributed by atoms with Gasteiger partial charge in [0.25, 0.3) is 0 Å². The second kappa shape index (κ2) is 8.25. The molecule has 1 saturated carbocycles. The highest BCUT2D eigenvalue weighted by Gasteiger charge is 2.34. The Hall–Kier alpha value is -1.10. The Morgan fingerprint density at radius 3 is 2.30 bits per heavy atom. The zero-order valence-corrected chi connectivity index (χ0v) is 13.1. The Balaban J connectivity index is 2.59. The van der Waals surface area contributed by atoms with Gasteiger partial charge in [0.15, 0.2) is 0 Å². The smallest absolute Gasteiger partial charge is 0.239 e. The maximum atomic E-state index is 12.5. The highest BCUT2D eigenvalue weighted by Crippen LogP contribution is 2.31. The van der Waals surface area contributed by atoms with Crippen LogP contribution in [-0.4, -0.2) is 48.9 Å². The number of carbonyl (C=O) groups is 2. The average Bonchev–Trinajstić information content (AvgIpc) is 2.46. The summed E-state index contributed by atoms with van der Waals surface area (Å²) in [6.45, 7) is 5.15. The first-order valence-electron chi connectivity index (χ1n) is 7.80. The van der Waals surface area contributed by atoms with Gasteiger partial charge in [-0.2, -0.15) is 0 Å². The second-order valence-corrected chi connectivity index (χ2v) is 5.63. The predicted molar refractivity (Wildman–Crippen MR) is 80.4 cm³/mol. The van der Waals surface area contributed by atoms with Crippen molar-refractivity contribution in [3.63, 3.8) is 0 Å². The predicted octanol–water partition coefficient (Wildman–Crippen LogP) is 1.28. The van der Waals surface area contributed by atoms with E-state index in [4.69, 9.17) is 0 Å². The lowest BCUT2D eigenvalue weighted by molar-refractivity contribution is -0.137. The van der Waals surface area contributed by atoms with Gasteiger partial charge in [0, 0.05) is 25.0 Å². The van der Waals surface area contributed by atoms with Gasteiger partial charge >= 0.3 is 0 Å². The minimum absolute atomic E-state index is 0.0655. The standard InChI is InChI=1S/C15H29N3O2/c1-4-17-13(19)12-18(5-2)14(20)11-15(16-3)9-7-6-8-10-15/h16H,4-12H2,1-3H3,(H,17,19). The lowest BCUT2D eigenvalue weighted by Crippen LogP contribution is -2.50. The molecule has 0 aromatic heterocycles. The summed E-state index contributed by atoms with van der Waals surface area (Å²) < 4.78 is 0. The summed E-state index contributed by atoms with van der Waals surface area (Å²) in [5.41, 5.74) is -0.0655. The number of nitrogens with zero attached hydrogens (tertiary/aromatic N) is 1. The van der Waals surface area contributed by atoms with Crippen molar-refractivity contribution >= 4 is 11.8 Å². The minimum atomic E-state index is -0.0788. The molecule has 5 heteroatoms. The molecule has 5 nitrogen and oxygen atoms in total. The van der Waals surface area contributed by atoms with E-state index >= 15 is 0 Å². The van der Waals surface area contributed by atoms with E-state index in [1.54, 1.807) is 4.90 Å². The van der Waals surface area contributed by atoms with E-state index in [0.29, 0.717) is 19.5 Å². The summed E-state index contributed by atoms with van der Waals surface area (Å²) in [7, 11) is 1.94.